The van der Waals surface area contributed by atoms with Crippen molar-refractivity contribution in [3.63, 3.8) is 0 Å². The van der Waals surface area contributed by atoms with Gasteiger partial charge in [0.05, 0.1) is 4.88 Å². The zero-order valence-corrected chi connectivity index (χ0v) is 11.9. The zero-order chi connectivity index (χ0) is 14.5. The van der Waals surface area contributed by atoms with Gasteiger partial charge in [0.1, 0.15) is 5.82 Å². The van der Waals surface area contributed by atoms with Crippen LogP contribution in [0.2, 0.25) is 0 Å². The van der Waals surface area contributed by atoms with E-state index in [9.17, 15) is 9.18 Å². The maximum Gasteiger partial charge on any atom is 0.275 e. The monoisotopic (exact) mass is 293 g/mol. The third-order valence-corrected chi connectivity index (χ3v) is 3.97. The van der Waals surface area contributed by atoms with Crippen LogP contribution in [0.5, 0.6) is 0 Å². The smallest absolute Gasteiger partial charge is 0.275 e. The molecule has 20 heavy (non-hydrogen) atoms. The number of rotatable bonds is 5. The fourth-order valence-electron chi connectivity index (χ4n) is 1.97. The molecule has 4 nitrogen and oxygen atoms in total. The second kappa shape index (κ2) is 6.49. The summed E-state index contributed by atoms with van der Waals surface area (Å²) in [5, 5.41) is 1.86. The second-order valence-electron chi connectivity index (χ2n) is 4.24. The Morgan fingerprint density at radius 3 is 2.65 bits per heavy atom. The molecule has 0 aliphatic heterocycles. The first kappa shape index (κ1) is 14.5. The van der Waals surface area contributed by atoms with Crippen molar-refractivity contribution in [1.29, 1.82) is 0 Å². The highest BCUT2D eigenvalue weighted by atomic mass is 32.1. The number of halogens is 1. The van der Waals surface area contributed by atoms with Crippen molar-refractivity contribution in [2.24, 2.45) is 5.84 Å². The molecule has 3 N–H and O–H groups in total. The molecule has 1 heterocycles. The van der Waals surface area contributed by atoms with E-state index in [1.165, 1.54) is 23.5 Å². The first-order valence-electron chi connectivity index (χ1n) is 6.23. The van der Waals surface area contributed by atoms with Gasteiger partial charge in [-0.25, -0.2) is 10.2 Å². The molecule has 0 saturated heterocycles. The van der Waals surface area contributed by atoms with E-state index in [1.54, 1.807) is 12.1 Å². The maximum absolute atomic E-state index is 13.0. The Labute approximate surface area is 121 Å². The minimum atomic E-state index is -0.287. The van der Waals surface area contributed by atoms with E-state index >= 15 is 0 Å². The SMILES string of the molecule is CCN(Cc1ccsc1C(=O)NN)c1ccc(F)cc1. The molecule has 1 aromatic carbocycles. The molecule has 0 spiro atoms. The Kier molecular flexibility index (Phi) is 4.70. The quantitative estimate of drug-likeness (QED) is 0.506. The summed E-state index contributed by atoms with van der Waals surface area (Å²) in [4.78, 5) is 14.3. The number of benzene rings is 1. The van der Waals surface area contributed by atoms with Crippen LogP contribution in [0.3, 0.4) is 0 Å². The summed E-state index contributed by atoms with van der Waals surface area (Å²) in [5.74, 6) is 4.63. The Hall–Kier alpha value is -1.92. The molecule has 0 aliphatic rings. The topological polar surface area (TPSA) is 58.4 Å². The second-order valence-corrected chi connectivity index (χ2v) is 5.16. The molecule has 6 heteroatoms. The number of carbonyl (C=O) groups excluding carboxylic acids is 1. The van der Waals surface area contributed by atoms with Crippen molar-refractivity contribution >= 4 is 22.9 Å². The van der Waals surface area contributed by atoms with E-state index in [2.05, 4.69) is 10.3 Å². The summed E-state index contributed by atoms with van der Waals surface area (Å²) in [7, 11) is 0. The van der Waals surface area contributed by atoms with Gasteiger partial charge in [0.25, 0.3) is 5.91 Å². The molecule has 0 saturated carbocycles. The standard InChI is InChI=1S/C14H16FN3OS/c1-2-18(12-5-3-11(15)4-6-12)9-10-7-8-20-13(10)14(19)17-16/h3-8H,2,9,16H2,1H3,(H,17,19). The fraction of sp³-hybridized carbons (Fsp3) is 0.214. The van der Waals surface area contributed by atoms with Gasteiger partial charge in [0.15, 0.2) is 0 Å². The number of nitrogens with zero attached hydrogens (tertiary/aromatic N) is 1. The highest BCUT2D eigenvalue weighted by Crippen LogP contribution is 2.22. The fourth-order valence-corrected chi connectivity index (χ4v) is 2.79. The molecule has 2 aromatic rings. The zero-order valence-electron chi connectivity index (χ0n) is 11.1. The van der Waals surface area contributed by atoms with Gasteiger partial charge < -0.3 is 4.90 Å². The number of hydrazine groups is 1. The van der Waals surface area contributed by atoms with E-state index in [0.29, 0.717) is 11.4 Å². The number of amides is 1. The van der Waals surface area contributed by atoms with Gasteiger partial charge >= 0.3 is 0 Å². The van der Waals surface area contributed by atoms with Crippen molar-refractivity contribution < 1.29 is 9.18 Å². The minimum absolute atomic E-state index is 0.261. The normalized spacial score (nSPS) is 10.3. The highest BCUT2D eigenvalue weighted by Gasteiger charge is 2.14. The van der Waals surface area contributed by atoms with Gasteiger partial charge in [0.2, 0.25) is 0 Å². The lowest BCUT2D eigenvalue weighted by molar-refractivity contribution is 0.0957. The number of anilines is 1. The van der Waals surface area contributed by atoms with E-state index in [0.717, 1.165) is 17.8 Å². The summed E-state index contributed by atoms with van der Waals surface area (Å²) >= 11 is 1.35. The maximum atomic E-state index is 13.0. The van der Waals surface area contributed by atoms with Gasteiger partial charge in [-0.15, -0.1) is 11.3 Å². The lowest BCUT2D eigenvalue weighted by Crippen LogP contribution is -2.31. The van der Waals surface area contributed by atoms with E-state index in [4.69, 9.17) is 5.84 Å². The van der Waals surface area contributed by atoms with Gasteiger partial charge in [0, 0.05) is 18.8 Å². The molecule has 0 fully saturated rings. The number of carbonyl (C=O) groups is 1. The molecule has 1 amide bonds. The molecule has 106 valence electrons. The molecule has 0 aliphatic carbocycles. The molecule has 0 atom stereocenters. The molecular weight excluding hydrogens is 277 g/mol. The number of nitrogens with one attached hydrogen (secondary N) is 1. The average molecular weight is 293 g/mol. The lowest BCUT2D eigenvalue weighted by Gasteiger charge is -2.23. The van der Waals surface area contributed by atoms with Crippen molar-refractivity contribution in [2.75, 3.05) is 11.4 Å². The molecule has 0 bridgehead atoms. The van der Waals surface area contributed by atoms with Gasteiger partial charge in [-0.2, -0.15) is 0 Å². The van der Waals surface area contributed by atoms with Crippen molar-refractivity contribution in [3.8, 4) is 0 Å². The van der Waals surface area contributed by atoms with Crippen molar-refractivity contribution in [2.45, 2.75) is 13.5 Å². The van der Waals surface area contributed by atoms with Gasteiger partial charge in [-0.1, -0.05) is 0 Å². The van der Waals surface area contributed by atoms with Crippen LogP contribution in [0.15, 0.2) is 35.7 Å². The predicted molar refractivity (Wildman–Crippen MR) is 79.1 cm³/mol. The van der Waals surface area contributed by atoms with Crippen molar-refractivity contribution in [1.82, 2.24) is 5.43 Å². The summed E-state index contributed by atoms with van der Waals surface area (Å²) < 4.78 is 13.0. The summed E-state index contributed by atoms with van der Waals surface area (Å²) in [5.41, 5.74) is 3.97. The number of nitrogens with two attached hydrogens (primary N) is 1. The first-order valence-corrected chi connectivity index (χ1v) is 7.11. The van der Waals surface area contributed by atoms with Crippen LogP contribution < -0.4 is 16.2 Å². The van der Waals surface area contributed by atoms with Crippen LogP contribution in [0.1, 0.15) is 22.2 Å². The molecule has 1 aromatic heterocycles. The average Bonchev–Trinajstić information content (AvgIpc) is 2.93. The van der Waals surface area contributed by atoms with Crippen LogP contribution >= 0.6 is 11.3 Å². The summed E-state index contributed by atoms with van der Waals surface area (Å²) in [6.07, 6.45) is 0. The Balaban J connectivity index is 2.20. The molecule has 0 unspecified atom stereocenters. The Bertz CT molecular complexity index is 582. The summed E-state index contributed by atoms with van der Waals surface area (Å²) in [6, 6.07) is 8.22. The van der Waals surface area contributed by atoms with Crippen LogP contribution in [0.4, 0.5) is 10.1 Å². The lowest BCUT2D eigenvalue weighted by atomic mass is 10.2. The van der Waals surface area contributed by atoms with Gasteiger partial charge in [-0.05, 0) is 48.2 Å². The van der Waals surface area contributed by atoms with Crippen LogP contribution in [-0.4, -0.2) is 12.5 Å². The largest absolute Gasteiger partial charge is 0.367 e. The van der Waals surface area contributed by atoms with Gasteiger partial charge in [-0.3, -0.25) is 10.2 Å². The van der Waals surface area contributed by atoms with Crippen molar-refractivity contribution in [3.05, 3.63) is 52.0 Å². The molecule has 0 radical (unpaired) electrons. The first-order chi connectivity index (χ1) is 9.65. The van der Waals surface area contributed by atoms with Crippen LogP contribution in [-0.2, 0) is 6.54 Å². The Morgan fingerprint density at radius 2 is 2.05 bits per heavy atom. The highest BCUT2D eigenvalue weighted by molar-refractivity contribution is 7.12. The third-order valence-electron chi connectivity index (χ3n) is 3.02. The van der Waals surface area contributed by atoms with Crippen LogP contribution in [0.25, 0.3) is 0 Å². The predicted octanol–water partition coefficient (Wildman–Crippen LogP) is 2.52. The van der Waals surface area contributed by atoms with E-state index in [1.807, 2.05) is 18.4 Å². The number of thiophene rings is 1. The molecular formula is C14H16FN3OS. The minimum Gasteiger partial charge on any atom is -0.367 e. The summed E-state index contributed by atoms with van der Waals surface area (Å²) in [6.45, 7) is 3.35. The van der Waals surface area contributed by atoms with E-state index < -0.39 is 0 Å². The third kappa shape index (κ3) is 3.15. The van der Waals surface area contributed by atoms with E-state index in [-0.39, 0.29) is 11.7 Å². The number of hydrogen-bond acceptors (Lipinski definition) is 4. The Morgan fingerprint density at radius 1 is 1.35 bits per heavy atom. The number of nitrogen functional groups attached to an aromatic ring is 1. The number of hydrogen-bond donors (Lipinski definition) is 2. The molecule has 2 rings (SSSR count). The van der Waals surface area contributed by atoms with Crippen LogP contribution in [0, 0.1) is 5.82 Å².